The molecule has 33 heavy (non-hydrogen) atoms. The summed E-state index contributed by atoms with van der Waals surface area (Å²) in [6, 6.07) is 15.9. The van der Waals surface area contributed by atoms with Crippen LogP contribution >= 0.6 is 15.9 Å². The average molecular weight is 508 g/mol. The summed E-state index contributed by atoms with van der Waals surface area (Å²) in [5.41, 5.74) is 10.1. The molecule has 0 saturated carbocycles. The fourth-order valence-corrected chi connectivity index (χ4v) is 5.01. The van der Waals surface area contributed by atoms with Crippen LogP contribution in [0.1, 0.15) is 43.2 Å². The SMILES string of the molecule is CCOc1cc([C@@H]2C(C#N)=C(N)N(C)C3=C2C(=O)CCC3)c(Br)cc1OCc1ccccc1. The maximum atomic E-state index is 13.0. The summed E-state index contributed by atoms with van der Waals surface area (Å²) in [7, 11) is 1.82. The van der Waals surface area contributed by atoms with E-state index >= 15 is 0 Å². The van der Waals surface area contributed by atoms with E-state index in [1.165, 1.54) is 0 Å². The molecule has 2 N–H and O–H groups in total. The van der Waals surface area contributed by atoms with Crippen LogP contribution in [0.25, 0.3) is 0 Å². The van der Waals surface area contributed by atoms with Crippen LogP contribution in [0.3, 0.4) is 0 Å². The number of rotatable bonds is 6. The maximum Gasteiger partial charge on any atom is 0.162 e. The van der Waals surface area contributed by atoms with Gasteiger partial charge in [-0.3, -0.25) is 4.79 Å². The van der Waals surface area contributed by atoms with Crippen molar-refractivity contribution in [3.8, 4) is 17.6 Å². The number of benzene rings is 2. The first-order chi connectivity index (χ1) is 16.0. The molecule has 0 bridgehead atoms. The molecule has 1 heterocycles. The molecule has 4 rings (SSSR count). The highest BCUT2D eigenvalue weighted by molar-refractivity contribution is 9.10. The Kier molecular flexibility index (Phi) is 6.75. The van der Waals surface area contributed by atoms with E-state index in [4.69, 9.17) is 15.2 Å². The van der Waals surface area contributed by atoms with Gasteiger partial charge in [0.1, 0.15) is 12.4 Å². The Labute approximate surface area is 202 Å². The lowest BCUT2D eigenvalue weighted by molar-refractivity contribution is -0.116. The number of nitrogens with two attached hydrogens (primary N) is 1. The molecular formula is C26H26BrN3O3. The Morgan fingerprint density at radius 2 is 1.91 bits per heavy atom. The monoisotopic (exact) mass is 507 g/mol. The van der Waals surface area contributed by atoms with E-state index < -0.39 is 5.92 Å². The van der Waals surface area contributed by atoms with Gasteiger partial charge in [-0.25, -0.2) is 0 Å². The van der Waals surface area contributed by atoms with E-state index in [1.807, 2.05) is 56.4 Å². The number of ketones is 1. The van der Waals surface area contributed by atoms with Crippen LogP contribution in [0.5, 0.6) is 11.5 Å². The van der Waals surface area contributed by atoms with E-state index in [-0.39, 0.29) is 5.78 Å². The molecule has 0 aromatic heterocycles. The summed E-state index contributed by atoms with van der Waals surface area (Å²) in [5, 5.41) is 10.00. The van der Waals surface area contributed by atoms with Crippen molar-refractivity contribution in [2.24, 2.45) is 5.73 Å². The Balaban J connectivity index is 1.80. The third-order valence-corrected chi connectivity index (χ3v) is 6.77. The van der Waals surface area contributed by atoms with Gasteiger partial charge in [-0.1, -0.05) is 46.3 Å². The van der Waals surface area contributed by atoms with E-state index in [2.05, 4.69) is 22.0 Å². The van der Waals surface area contributed by atoms with E-state index in [1.54, 1.807) is 4.90 Å². The summed E-state index contributed by atoms with van der Waals surface area (Å²) in [6.45, 7) is 2.75. The molecule has 1 aliphatic carbocycles. The summed E-state index contributed by atoms with van der Waals surface area (Å²) < 4.78 is 12.7. The predicted octanol–water partition coefficient (Wildman–Crippen LogP) is 5.16. The molecule has 2 aliphatic rings. The van der Waals surface area contributed by atoms with Crippen molar-refractivity contribution < 1.29 is 14.3 Å². The van der Waals surface area contributed by atoms with Crippen molar-refractivity contribution in [1.82, 2.24) is 4.90 Å². The zero-order valence-electron chi connectivity index (χ0n) is 18.7. The summed E-state index contributed by atoms with van der Waals surface area (Å²) in [6.07, 6.45) is 2.00. The lowest BCUT2D eigenvalue weighted by Gasteiger charge is -2.38. The van der Waals surface area contributed by atoms with Crippen molar-refractivity contribution in [1.29, 1.82) is 5.26 Å². The van der Waals surface area contributed by atoms with Crippen molar-refractivity contribution in [3.05, 3.63) is 80.7 Å². The quantitative estimate of drug-likeness (QED) is 0.580. The van der Waals surface area contributed by atoms with Crippen LogP contribution in [-0.4, -0.2) is 24.3 Å². The van der Waals surface area contributed by atoms with E-state index in [0.717, 1.165) is 34.1 Å². The summed E-state index contributed by atoms with van der Waals surface area (Å²) in [4.78, 5) is 14.8. The lowest BCUT2D eigenvalue weighted by atomic mass is 9.76. The minimum atomic E-state index is -0.550. The normalized spacial score (nSPS) is 18.2. The first-order valence-corrected chi connectivity index (χ1v) is 11.8. The zero-order chi connectivity index (χ0) is 23.5. The maximum absolute atomic E-state index is 13.0. The highest BCUT2D eigenvalue weighted by Gasteiger charge is 2.39. The van der Waals surface area contributed by atoms with Gasteiger partial charge < -0.3 is 20.1 Å². The number of hydrogen-bond acceptors (Lipinski definition) is 6. The van der Waals surface area contributed by atoms with Gasteiger partial charge in [0.05, 0.1) is 24.2 Å². The lowest BCUT2D eigenvalue weighted by Crippen LogP contribution is -2.36. The van der Waals surface area contributed by atoms with Gasteiger partial charge in [0.25, 0.3) is 0 Å². The Bertz CT molecular complexity index is 1180. The predicted molar refractivity (Wildman–Crippen MR) is 129 cm³/mol. The number of ether oxygens (including phenoxy) is 2. The summed E-state index contributed by atoms with van der Waals surface area (Å²) >= 11 is 3.67. The molecular weight excluding hydrogens is 482 g/mol. The van der Waals surface area contributed by atoms with Gasteiger partial charge in [-0.2, -0.15) is 5.26 Å². The van der Waals surface area contributed by atoms with Crippen molar-refractivity contribution in [2.45, 2.75) is 38.7 Å². The first-order valence-electron chi connectivity index (χ1n) is 11.0. The van der Waals surface area contributed by atoms with Gasteiger partial charge in [-0.15, -0.1) is 0 Å². The molecule has 0 fully saturated rings. The minimum Gasteiger partial charge on any atom is -0.490 e. The Hall–Kier alpha value is -3.24. The number of nitriles is 1. The zero-order valence-corrected chi connectivity index (χ0v) is 20.3. The Morgan fingerprint density at radius 1 is 1.18 bits per heavy atom. The van der Waals surface area contributed by atoms with Crippen LogP contribution in [0.2, 0.25) is 0 Å². The number of Topliss-reactive ketones (excluding diaryl/α,β-unsaturated/α-hetero) is 1. The molecule has 0 radical (unpaired) electrons. The number of allylic oxidation sites excluding steroid dienone is 3. The second-order valence-electron chi connectivity index (χ2n) is 8.07. The van der Waals surface area contributed by atoms with Crippen LogP contribution < -0.4 is 15.2 Å². The molecule has 1 aliphatic heterocycles. The van der Waals surface area contributed by atoms with Crippen LogP contribution in [-0.2, 0) is 11.4 Å². The molecule has 0 saturated heterocycles. The number of carbonyl (C=O) groups is 1. The highest BCUT2D eigenvalue weighted by Crippen LogP contribution is 2.48. The molecule has 0 spiro atoms. The smallest absolute Gasteiger partial charge is 0.162 e. The van der Waals surface area contributed by atoms with E-state index in [9.17, 15) is 10.1 Å². The van der Waals surface area contributed by atoms with Crippen molar-refractivity contribution >= 4 is 21.7 Å². The van der Waals surface area contributed by atoms with Gasteiger partial charge >= 0.3 is 0 Å². The first kappa shape index (κ1) is 22.9. The van der Waals surface area contributed by atoms with Crippen molar-refractivity contribution in [3.63, 3.8) is 0 Å². The standard InChI is InChI=1S/C26H26BrN3O3/c1-3-32-22-12-17(19(27)13-23(22)33-15-16-8-5-4-6-9-16)24-18(14-28)26(29)30(2)20-10-7-11-21(31)25(20)24/h4-6,8-9,12-13,24H,3,7,10-11,15,29H2,1-2H3/t24-/m1/s1. The van der Waals surface area contributed by atoms with Crippen LogP contribution in [0.15, 0.2) is 69.6 Å². The average Bonchev–Trinajstić information content (AvgIpc) is 2.82. The largest absolute Gasteiger partial charge is 0.490 e. The molecule has 2 aromatic carbocycles. The second kappa shape index (κ2) is 9.72. The van der Waals surface area contributed by atoms with Gasteiger partial charge in [-0.05, 0) is 43.0 Å². The van der Waals surface area contributed by atoms with Gasteiger partial charge in [0.2, 0.25) is 0 Å². The molecule has 0 unspecified atom stereocenters. The van der Waals surface area contributed by atoms with Crippen molar-refractivity contribution in [2.75, 3.05) is 13.7 Å². The topological polar surface area (TPSA) is 88.6 Å². The Morgan fingerprint density at radius 3 is 2.61 bits per heavy atom. The molecule has 0 amide bonds. The number of hydrogen-bond donors (Lipinski definition) is 1. The van der Waals surface area contributed by atoms with Crippen LogP contribution in [0.4, 0.5) is 0 Å². The summed E-state index contributed by atoms with van der Waals surface area (Å²) in [5.74, 6) is 1.04. The molecule has 1 atom stereocenters. The van der Waals surface area contributed by atoms with Crippen LogP contribution in [0, 0.1) is 11.3 Å². The van der Waals surface area contributed by atoms with E-state index in [0.29, 0.717) is 48.1 Å². The third-order valence-electron chi connectivity index (χ3n) is 6.08. The third kappa shape index (κ3) is 4.36. The highest BCUT2D eigenvalue weighted by atomic mass is 79.9. The number of carbonyl (C=O) groups excluding carboxylic acids is 1. The fraction of sp³-hybridized carbons (Fsp3) is 0.308. The molecule has 7 heteroatoms. The van der Waals surface area contributed by atoms with Gasteiger partial charge in [0.15, 0.2) is 17.3 Å². The molecule has 2 aromatic rings. The minimum absolute atomic E-state index is 0.0580. The molecule has 170 valence electrons. The van der Waals surface area contributed by atoms with Gasteiger partial charge in [0, 0.05) is 29.2 Å². The number of halogens is 1. The second-order valence-corrected chi connectivity index (χ2v) is 8.92. The number of nitrogens with zero attached hydrogens (tertiary/aromatic N) is 2. The fourth-order valence-electron chi connectivity index (χ4n) is 4.46. The molecule has 6 nitrogen and oxygen atoms in total.